The van der Waals surface area contributed by atoms with E-state index in [1.54, 1.807) is 37.6 Å². The van der Waals surface area contributed by atoms with Gasteiger partial charge in [-0.15, -0.1) is 0 Å². The second kappa shape index (κ2) is 7.41. The fourth-order valence-corrected chi connectivity index (χ4v) is 3.07. The van der Waals surface area contributed by atoms with Crippen molar-refractivity contribution in [3.8, 4) is 11.5 Å². The maximum atomic E-state index is 10.6. The molecule has 2 aromatic rings. The Kier molecular flexibility index (Phi) is 6.31. The molecule has 0 aliphatic rings. The molecule has 0 amide bonds. The smallest absolute Gasteiger partial charge is 0.303 e. The Labute approximate surface area is 134 Å². The molecule has 0 saturated heterocycles. The van der Waals surface area contributed by atoms with E-state index in [1.807, 2.05) is 36.4 Å². The molecule has 0 fully saturated rings. The third-order valence-electron chi connectivity index (χ3n) is 2.22. The summed E-state index contributed by atoms with van der Waals surface area (Å²) in [6.45, 7) is 3.21. The summed E-state index contributed by atoms with van der Waals surface area (Å²) in [4.78, 5) is 32.1. The monoisotopic (exact) mass is 362 g/mol. The van der Waals surface area contributed by atoms with Crippen LogP contribution in [-0.4, -0.2) is 32.9 Å². The Morgan fingerprint density at radius 2 is 1.04 bits per heavy atom. The Morgan fingerprint density at radius 3 is 1.30 bits per heavy atom. The van der Waals surface area contributed by atoms with Crippen LogP contribution in [0.15, 0.2) is 60.7 Å². The zero-order valence-corrected chi connectivity index (χ0v) is 14.5. The minimum Gasteiger partial charge on any atom is -0.303 e. The van der Waals surface area contributed by atoms with Crippen LogP contribution in [0.5, 0.6) is 11.5 Å². The van der Waals surface area contributed by atoms with E-state index in [0.717, 1.165) is 0 Å². The summed E-state index contributed by atoms with van der Waals surface area (Å²) in [5.41, 5.74) is 0. The zero-order valence-electron chi connectivity index (χ0n) is 12.7. The molecule has 4 N–H and O–H groups in total. The predicted molar refractivity (Wildman–Crippen MR) is 89.4 cm³/mol. The van der Waals surface area contributed by atoms with Gasteiger partial charge >= 0.3 is 115 Å². The van der Waals surface area contributed by atoms with Gasteiger partial charge in [0.15, 0.2) is 0 Å². The average Bonchev–Trinajstić information content (AvgIpc) is 2.37. The standard InChI is InChI=1S/C14H17O3P.H3O4P/c1-18(2,15,16-13-9-5-3-6-10-13)17-14-11-7-4-8-12-14;1-5(2,3)4/h3-12,15H,1-2H3;(H3,1,2,3,4). The maximum absolute atomic E-state index is 10.6. The van der Waals surface area contributed by atoms with E-state index in [1.165, 1.54) is 0 Å². The van der Waals surface area contributed by atoms with Crippen LogP contribution in [-0.2, 0) is 4.57 Å². The van der Waals surface area contributed by atoms with Gasteiger partial charge in [-0.25, -0.2) is 4.57 Å². The van der Waals surface area contributed by atoms with Gasteiger partial charge in [-0.2, -0.15) is 0 Å². The Balaban J connectivity index is 0.000000463. The van der Waals surface area contributed by atoms with E-state index in [9.17, 15) is 4.89 Å². The quantitative estimate of drug-likeness (QED) is 0.618. The molecule has 2 rings (SSSR count). The van der Waals surface area contributed by atoms with Crippen molar-refractivity contribution in [3.05, 3.63) is 60.7 Å². The first-order valence-electron chi connectivity index (χ1n) is 6.47. The van der Waals surface area contributed by atoms with Crippen molar-refractivity contribution in [2.24, 2.45) is 0 Å². The van der Waals surface area contributed by atoms with Gasteiger partial charge in [-0.3, -0.25) is 0 Å². The van der Waals surface area contributed by atoms with Crippen LogP contribution in [0.3, 0.4) is 0 Å². The van der Waals surface area contributed by atoms with Crippen LogP contribution in [0.1, 0.15) is 0 Å². The molecule has 0 radical (unpaired) electrons. The van der Waals surface area contributed by atoms with Gasteiger partial charge in [0.2, 0.25) is 0 Å². The van der Waals surface area contributed by atoms with Crippen LogP contribution >= 0.6 is 15.1 Å². The van der Waals surface area contributed by atoms with Gasteiger partial charge in [0.1, 0.15) is 0 Å². The topological polar surface area (TPSA) is 116 Å². The zero-order chi connectivity index (χ0) is 17.6. The largest absolute Gasteiger partial charge is 0.466 e. The van der Waals surface area contributed by atoms with E-state index < -0.39 is 15.1 Å². The average molecular weight is 362 g/mol. The molecule has 2 aromatic carbocycles. The molecule has 0 heterocycles. The molecular formula is C14H20O7P2. The third kappa shape index (κ3) is 10.0. The van der Waals surface area contributed by atoms with E-state index in [4.69, 9.17) is 28.3 Å². The first-order valence-corrected chi connectivity index (χ1v) is 11.0. The number of rotatable bonds is 4. The van der Waals surface area contributed by atoms with Crippen LogP contribution in [0.4, 0.5) is 0 Å². The summed E-state index contributed by atoms with van der Waals surface area (Å²) in [5.74, 6) is 1.19. The molecule has 0 bridgehead atoms. The molecule has 23 heavy (non-hydrogen) atoms. The summed E-state index contributed by atoms with van der Waals surface area (Å²) in [5, 5.41) is 0. The van der Waals surface area contributed by atoms with Gasteiger partial charge in [0.25, 0.3) is 0 Å². The SMILES string of the molecule is CP(C)(O)(Oc1ccccc1)Oc1ccccc1.O=P(O)(O)O. The van der Waals surface area contributed by atoms with Gasteiger partial charge in [-0.05, 0) is 0 Å². The number of benzene rings is 2. The van der Waals surface area contributed by atoms with Gasteiger partial charge in [0, 0.05) is 0 Å². The van der Waals surface area contributed by atoms with Crippen LogP contribution < -0.4 is 9.05 Å². The first-order chi connectivity index (χ1) is 10.4. The van der Waals surface area contributed by atoms with Crippen molar-refractivity contribution < 1.29 is 33.2 Å². The molecule has 7 nitrogen and oxygen atoms in total. The fraction of sp³-hybridized carbons (Fsp3) is 0.143. The van der Waals surface area contributed by atoms with Crippen molar-refractivity contribution in [3.63, 3.8) is 0 Å². The molecule has 0 aromatic heterocycles. The second-order valence-corrected chi connectivity index (χ2v) is 10.2. The summed E-state index contributed by atoms with van der Waals surface area (Å²) in [6, 6.07) is 18.4. The van der Waals surface area contributed by atoms with E-state index in [0.29, 0.717) is 11.5 Å². The number of para-hydroxylation sites is 2. The molecule has 0 atom stereocenters. The first kappa shape index (κ1) is 19.6. The summed E-state index contributed by atoms with van der Waals surface area (Å²) in [7, 11) is -8.30. The summed E-state index contributed by atoms with van der Waals surface area (Å²) in [6.07, 6.45) is 0. The fourth-order valence-electron chi connectivity index (χ4n) is 1.58. The van der Waals surface area contributed by atoms with Crippen molar-refractivity contribution in [2.45, 2.75) is 0 Å². The summed E-state index contributed by atoms with van der Waals surface area (Å²) >= 11 is 0. The molecule has 9 heteroatoms. The number of hydrogen-bond acceptors (Lipinski definition) is 4. The van der Waals surface area contributed by atoms with Crippen molar-refractivity contribution in [1.29, 1.82) is 0 Å². The van der Waals surface area contributed by atoms with Gasteiger partial charge in [0.05, 0.1) is 0 Å². The molecule has 0 saturated carbocycles. The minimum absolute atomic E-state index is 0.596. The van der Waals surface area contributed by atoms with Crippen molar-refractivity contribution in [1.82, 2.24) is 0 Å². The van der Waals surface area contributed by atoms with E-state index in [2.05, 4.69) is 0 Å². The van der Waals surface area contributed by atoms with Crippen molar-refractivity contribution in [2.75, 3.05) is 13.3 Å². The Morgan fingerprint density at radius 1 is 0.783 bits per heavy atom. The number of hydrogen-bond donors (Lipinski definition) is 4. The van der Waals surface area contributed by atoms with E-state index in [-0.39, 0.29) is 0 Å². The molecule has 0 aliphatic heterocycles. The maximum Gasteiger partial charge on any atom is 0.466 e. The Hall–Kier alpha value is -1.46. The van der Waals surface area contributed by atoms with Crippen LogP contribution in [0.25, 0.3) is 0 Å². The van der Waals surface area contributed by atoms with Crippen LogP contribution in [0, 0.1) is 0 Å². The van der Waals surface area contributed by atoms with Gasteiger partial charge < -0.3 is 14.7 Å². The number of phosphoric acid groups is 1. The Bertz CT molecular complexity index is 593. The predicted octanol–water partition coefficient (Wildman–Crippen LogP) is 2.77. The molecule has 0 aliphatic carbocycles. The van der Waals surface area contributed by atoms with Crippen molar-refractivity contribution >= 4 is 15.1 Å². The molecule has 128 valence electrons. The summed E-state index contributed by atoms with van der Waals surface area (Å²) < 4.78 is 20.2. The third-order valence-corrected chi connectivity index (χ3v) is 3.68. The molecular weight excluding hydrogens is 342 g/mol. The second-order valence-electron chi connectivity index (χ2n) is 5.14. The minimum atomic E-state index is -4.64. The van der Waals surface area contributed by atoms with Gasteiger partial charge in [-0.1, -0.05) is 0 Å². The molecule has 0 unspecified atom stereocenters. The van der Waals surface area contributed by atoms with E-state index >= 15 is 0 Å². The molecule has 0 spiro atoms. The van der Waals surface area contributed by atoms with Crippen LogP contribution in [0.2, 0.25) is 0 Å². The normalized spacial score (nSPS) is 13.0.